The van der Waals surface area contributed by atoms with E-state index in [1.165, 1.54) is 38.8 Å². The van der Waals surface area contributed by atoms with Crippen LogP contribution >= 0.6 is 0 Å². The summed E-state index contributed by atoms with van der Waals surface area (Å²) in [5.74, 6) is 0.990. The van der Waals surface area contributed by atoms with E-state index < -0.39 is 0 Å². The summed E-state index contributed by atoms with van der Waals surface area (Å²) in [5.41, 5.74) is 0.759. The fourth-order valence-corrected chi connectivity index (χ4v) is 2.90. The summed E-state index contributed by atoms with van der Waals surface area (Å²) in [6.45, 7) is 3.24. The number of benzene rings is 1. The number of nitrogens with zero attached hydrogens (tertiary/aromatic N) is 1. The van der Waals surface area contributed by atoms with E-state index in [1.54, 1.807) is 0 Å². The van der Waals surface area contributed by atoms with Crippen LogP contribution in [0.2, 0.25) is 0 Å². The minimum atomic E-state index is 0.0545. The number of carbonyl (C=O) groups is 1. The predicted octanol–water partition coefficient (Wildman–Crippen LogP) is 2.29. The largest absolute Gasteiger partial charge is 0.350 e. The molecular weight excluding hydrogens is 236 g/mol. The van der Waals surface area contributed by atoms with Crippen LogP contribution in [0.5, 0.6) is 0 Å². The van der Waals surface area contributed by atoms with E-state index >= 15 is 0 Å². The fourth-order valence-electron chi connectivity index (χ4n) is 2.90. The van der Waals surface area contributed by atoms with Crippen molar-refractivity contribution in [1.29, 1.82) is 0 Å². The molecule has 2 fully saturated rings. The average Bonchev–Trinajstić information content (AvgIpc) is 3.15. The van der Waals surface area contributed by atoms with Crippen LogP contribution in [0, 0.1) is 5.92 Å². The molecule has 0 aromatic heterocycles. The van der Waals surface area contributed by atoms with Crippen molar-refractivity contribution >= 4 is 5.91 Å². The summed E-state index contributed by atoms with van der Waals surface area (Å²) in [4.78, 5) is 14.6. The van der Waals surface area contributed by atoms with Crippen molar-refractivity contribution in [3.63, 3.8) is 0 Å². The second-order valence-corrected chi connectivity index (χ2v) is 5.81. The van der Waals surface area contributed by atoms with Crippen molar-refractivity contribution in [2.75, 3.05) is 19.6 Å². The summed E-state index contributed by atoms with van der Waals surface area (Å²) >= 11 is 0. The quantitative estimate of drug-likeness (QED) is 0.879. The van der Waals surface area contributed by atoms with Gasteiger partial charge >= 0.3 is 0 Å². The Morgan fingerprint density at radius 3 is 2.74 bits per heavy atom. The number of hydrogen-bond acceptors (Lipinski definition) is 2. The van der Waals surface area contributed by atoms with E-state index in [2.05, 4.69) is 10.2 Å². The lowest BCUT2D eigenvalue weighted by atomic mass is 10.2. The highest BCUT2D eigenvalue weighted by Gasteiger charge is 2.30. The Balaban J connectivity index is 1.49. The zero-order chi connectivity index (χ0) is 13.1. The molecule has 0 unspecified atom stereocenters. The molecule has 1 aromatic rings. The van der Waals surface area contributed by atoms with E-state index in [0.29, 0.717) is 6.04 Å². The van der Waals surface area contributed by atoms with Gasteiger partial charge in [0.05, 0.1) is 0 Å². The standard InChI is InChI=1S/C16H22N2O/c19-16(14-5-2-1-3-6-14)17-11-15-7-4-10-18(15)12-13-8-9-13/h1-3,5-6,13,15H,4,7-12H2,(H,17,19)/t15-/m1/s1. The lowest BCUT2D eigenvalue weighted by Crippen LogP contribution is -2.41. The van der Waals surface area contributed by atoms with Gasteiger partial charge in [0.25, 0.3) is 5.91 Å². The van der Waals surface area contributed by atoms with E-state index in [4.69, 9.17) is 0 Å². The molecule has 1 aliphatic heterocycles. The van der Waals surface area contributed by atoms with Gasteiger partial charge in [-0.25, -0.2) is 0 Å². The summed E-state index contributed by atoms with van der Waals surface area (Å²) in [7, 11) is 0. The summed E-state index contributed by atoms with van der Waals surface area (Å²) in [6, 6.07) is 10.0. The first-order valence-corrected chi connectivity index (χ1v) is 7.40. The topological polar surface area (TPSA) is 32.3 Å². The van der Waals surface area contributed by atoms with Crippen molar-refractivity contribution in [3.8, 4) is 0 Å². The monoisotopic (exact) mass is 258 g/mol. The molecule has 3 nitrogen and oxygen atoms in total. The van der Waals surface area contributed by atoms with Gasteiger partial charge in [-0.3, -0.25) is 9.69 Å². The van der Waals surface area contributed by atoms with Gasteiger partial charge in [0, 0.05) is 24.7 Å². The van der Waals surface area contributed by atoms with E-state index in [-0.39, 0.29) is 5.91 Å². The van der Waals surface area contributed by atoms with Crippen LogP contribution in [0.1, 0.15) is 36.0 Å². The van der Waals surface area contributed by atoms with Gasteiger partial charge in [-0.1, -0.05) is 18.2 Å². The van der Waals surface area contributed by atoms with Gasteiger partial charge in [0.2, 0.25) is 0 Å². The highest BCUT2D eigenvalue weighted by Crippen LogP contribution is 2.32. The van der Waals surface area contributed by atoms with Crippen molar-refractivity contribution in [3.05, 3.63) is 35.9 Å². The van der Waals surface area contributed by atoms with Crippen LogP contribution in [-0.4, -0.2) is 36.5 Å². The highest BCUT2D eigenvalue weighted by molar-refractivity contribution is 5.94. The highest BCUT2D eigenvalue weighted by atomic mass is 16.1. The number of carbonyl (C=O) groups excluding carboxylic acids is 1. The summed E-state index contributed by atoms with van der Waals surface area (Å²) < 4.78 is 0. The zero-order valence-corrected chi connectivity index (χ0v) is 11.3. The molecular formula is C16H22N2O. The maximum atomic E-state index is 12.0. The second-order valence-electron chi connectivity index (χ2n) is 5.81. The molecule has 19 heavy (non-hydrogen) atoms. The Morgan fingerprint density at radius 2 is 2.00 bits per heavy atom. The smallest absolute Gasteiger partial charge is 0.251 e. The van der Waals surface area contributed by atoms with Gasteiger partial charge < -0.3 is 5.32 Å². The molecule has 0 radical (unpaired) electrons. The van der Waals surface area contributed by atoms with Crippen molar-refractivity contribution in [2.45, 2.75) is 31.7 Å². The van der Waals surface area contributed by atoms with Crippen molar-refractivity contribution < 1.29 is 4.79 Å². The maximum absolute atomic E-state index is 12.0. The maximum Gasteiger partial charge on any atom is 0.251 e. The van der Waals surface area contributed by atoms with Crippen molar-refractivity contribution in [1.82, 2.24) is 10.2 Å². The molecule has 1 saturated carbocycles. The van der Waals surface area contributed by atoms with Crippen LogP contribution in [-0.2, 0) is 0 Å². The van der Waals surface area contributed by atoms with E-state index in [0.717, 1.165) is 18.0 Å². The van der Waals surface area contributed by atoms with Crippen molar-refractivity contribution in [2.24, 2.45) is 5.92 Å². The minimum absolute atomic E-state index is 0.0545. The first kappa shape index (κ1) is 12.7. The molecule has 3 rings (SSSR count). The lowest BCUT2D eigenvalue weighted by Gasteiger charge is -2.24. The molecule has 1 heterocycles. The molecule has 1 aromatic carbocycles. The normalized spacial score (nSPS) is 23.5. The number of rotatable bonds is 5. The van der Waals surface area contributed by atoms with Gasteiger partial charge in [0.15, 0.2) is 0 Å². The van der Waals surface area contributed by atoms with Crippen LogP contribution < -0.4 is 5.32 Å². The molecule has 1 N–H and O–H groups in total. The Morgan fingerprint density at radius 1 is 1.21 bits per heavy atom. The SMILES string of the molecule is O=C(NC[C@H]1CCCN1CC1CC1)c1ccccc1. The van der Waals surface area contributed by atoms with Crippen LogP contribution in [0.4, 0.5) is 0 Å². The third-order valence-corrected chi connectivity index (χ3v) is 4.22. The molecule has 3 heteroatoms. The number of amides is 1. The second kappa shape index (κ2) is 5.74. The van der Waals surface area contributed by atoms with Gasteiger partial charge in [-0.2, -0.15) is 0 Å². The van der Waals surface area contributed by atoms with E-state index in [9.17, 15) is 4.79 Å². The number of likely N-dealkylation sites (tertiary alicyclic amines) is 1. The summed E-state index contributed by atoms with van der Waals surface area (Å²) in [5, 5.41) is 3.08. The van der Waals surface area contributed by atoms with Gasteiger partial charge in [-0.05, 0) is 50.3 Å². The van der Waals surface area contributed by atoms with Crippen LogP contribution in [0.15, 0.2) is 30.3 Å². The Bertz CT molecular complexity index is 428. The average molecular weight is 258 g/mol. The Hall–Kier alpha value is -1.35. The molecule has 102 valence electrons. The molecule has 0 bridgehead atoms. The molecule has 1 aliphatic carbocycles. The predicted molar refractivity (Wildman–Crippen MR) is 76.1 cm³/mol. The third-order valence-electron chi connectivity index (χ3n) is 4.22. The van der Waals surface area contributed by atoms with Gasteiger partial charge in [0.1, 0.15) is 0 Å². The lowest BCUT2D eigenvalue weighted by molar-refractivity contribution is 0.0940. The molecule has 1 amide bonds. The molecule has 1 atom stereocenters. The third kappa shape index (κ3) is 3.35. The van der Waals surface area contributed by atoms with Crippen LogP contribution in [0.3, 0.4) is 0 Å². The Labute approximate surface area is 115 Å². The zero-order valence-electron chi connectivity index (χ0n) is 11.3. The molecule has 2 aliphatic rings. The fraction of sp³-hybridized carbons (Fsp3) is 0.562. The Kier molecular flexibility index (Phi) is 3.83. The molecule has 1 saturated heterocycles. The minimum Gasteiger partial charge on any atom is -0.350 e. The molecule has 0 spiro atoms. The van der Waals surface area contributed by atoms with E-state index in [1.807, 2.05) is 30.3 Å². The van der Waals surface area contributed by atoms with Gasteiger partial charge in [-0.15, -0.1) is 0 Å². The summed E-state index contributed by atoms with van der Waals surface area (Å²) in [6.07, 6.45) is 5.31. The first-order chi connectivity index (χ1) is 9.33. The first-order valence-electron chi connectivity index (χ1n) is 7.40. The number of hydrogen-bond donors (Lipinski definition) is 1. The number of nitrogens with one attached hydrogen (secondary N) is 1. The van der Waals surface area contributed by atoms with Crippen LogP contribution in [0.25, 0.3) is 0 Å².